The molecule has 0 aromatic carbocycles. The van der Waals surface area contributed by atoms with Crippen LogP contribution in [0.1, 0.15) is 31.9 Å². The third kappa shape index (κ3) is 2.92. The monoisotopic (exact) mass is 225 g/mol. The van der Waals surface area contributed by atoms with Crippen LogP contribution in [0.4, 0.5) is 5.13 Å². The number of hydrogen-bond donors (Lipinski definition) is 1. The number of rotatable bonds is 3. The van der Waals surface area contributed by atoms with Crippen molar-refractivity contribution in [1.82, 2.24) is 9.88 Å². The van der Waals surface area contributed by atoms with Gasteiger partial charge in [0.25, 0.3) is 0 Å². The van der Waals surface area contributed by atoms with E-state index in [1.807, 2.05) is 0 Å². The second-order valence-corrected chi connectivity index (χ2v) is 5.20. The summed E-state index contributed by atoms with van der Waals surface area (Å²) in [5.74, 6) is 0. The maximum absolute atomic E-state index is 5.61. The van der Waals surface area contributed by atoms with Crippen molar-refractivity contribution < 1.29 is 0 Å². The minimum Gasteiger partial charge on any atom is -0.375 e. The molecule has 1 aromatic heterocycles. The van der Waals surface area contributed by atoms with Crippen LogP contribution in [0.3, 0.4) is 0 Å². The molecule has 2 rings (SSSR count). The predicted octanol–water partition coefficient (Wildman–Crippen LogP) is 2.14. The van der Waals surface area contributed by atoms with Gasteiger partial charge in [0.2, 0.25) is 0 Å². The molecule has 1 atom stereocenters. The summed E-state index contributed by atoms with van der Waals surface area (Å²) in [6.45, 7) is 4.71. The molecule has 0 amide bonds. The van der Waals surface area contributed by atoms with Crippen LogP contribution in [0.2, 0.25) is 0 Å². The third-order valence-corrected chi connectivity index (χ3v) is 3.89. The first-order valence-corrected chi connectivity index (χ1v) is 6.57. The highest BCUT2D eigenvalue weighted by atomic mass is 32.1. The summed E-state index contributed by atoms with van der Waals surface area (Å²) in [5.41, 5.74) is 6.76. The molecule has 1 aromatic rings. The van der Waals surface area contributed by atoms with E-state index in [0.717, 1.165) is 24.7 Å². The highest BCUT2D eigenvalue weighted by Crippen LogP contribution is 2.17. The van der Waals surface area contributed by atoms with Gasteiger partial charge < -0.3 is 10.6 Å². The Hall–Kier alpha value is -0.610. The van der Waals surface area contributed by atoms with Crippen LogP contribution in [0.15, 0.2) is 5.38 Å². The molecule has 84 valence electrons. The molecule has 2 heterocycles. The lowest BCUT2D eigenvalue weighted by Crippen LogP contribution is -2.38. The fourth-order valence-corrected chi connectivity index (χ4v) is 2.78. The number of piperidine rings is 1. The molecule has 15 heavy (non-hydrogen) atoms. The van der Waals surface area contributed by atoms with E-state index < -0.39 is 0 Å². The Morgan fingerprint density at radius 1 is 1.60 bits per heavy atom. The number of hydrogen-bond acceptors (Lipinski definition) is 4. The summed E-state index contributed by atoms with van der Waals surface area (Å²) in [7, 11) is 0. The first-order valence-electron chi connectivity index (χ1n) is 5.69. The van der Waals surface area contributed by atoms with Gasteiger partial charge in [0.1, 0.15) is 0 Å². The lowest BCUT2D eigenvalue weighted by Gasteiger charge is -2.33. The fourth-order valence-electron chi connectivity index (χ4n) is 2.19. The molecular weight excluding hydrogens is 206 g/mol. The van der Waals surface area contributed by atoms with E-state index in [1.165, 1.54) is 37.1 Å². The summed E-state index contributed by atoms with van der Waals surface area (Å²) in [4.78, 5) is 6.86. The SMILES string of the molecule is CC1CCCCN1CCc1csc(N)n1. The van der Waals surface area contributed by atoms with Gasteiger partial charge in [-0.25, -0.2) is 4.98 Å². The van der Waals surface area contributed by atoms with Gasteiger partial charge in [-0.05, 0) is 26.3 Å². The Morgan fingerprint density at radius 3 is 3.13 bits per heavy atom. The van der Waals surface area contributed by atoms with E-state index in [1.54, 1.807) is 0 Å². The Balaban J connectivity index is 1.81. The molecule has 0 bridgehead atoms. The minimum atomic E-state index is 0.691. The molecule has 1 aliphatic heterocycles. The number of likely N-dealkylation sites (tertiary alicyclic amines) is 1. The lowest BCUT2D eigenvalue weighted by atomic mass is 10.0. The fraction of sp³-hybridized carbons (Fsp3) is 0.727. The van der Waals surface area contributed by atoms with Gasteiger partial charge in [-0.15, -0.1) is 11.3 Å². The van der Waals surface area contributed by atoms with Gasteiger partial charge in [-0.3, -0.25) is 0 Å². The number of nitrogens with two attached hydrogens (primary N) is 1. The van der Waals surface area contributed by atoms with Gasteiger partial charge in [0, 0.05) is 24.4 Å². The first-order chi connectivity index (χ1) is 7.25. The zero-order chi connectivity index (χ0) is 10.7. The van der Waals surface area contributed by atoms with Gasteiger partial charge in [-0.1, -0.05) is 6.42 Å². The van der Waals surface area contributed by atoms with Crippen LogP contribution < -0.4 is 5.73 Å². The summed E-state index contributed by atoms with van der Waals surface area (Å²) in [6.07, 6.45) is 5.13. The molecule has 1 saturated heterocycles. The average molecular weight is 225 g/mol. The maximum Gasteiger partial charge on any atom is 0.180 e. The van der Waals surface area contributed by atoms with Crippen molar-refractivity contribution in [2.75, 3.05) is 18.8 Å². The Bertz CT molecular complexity index is 311. The predicted molar refractivity (Wildman–Crippen MR) is 65.1 cm³/mol. The molecular formula is C11H19N3S. The molecule has 0 radical (unpaired) electrons. The quantitative estimate of drug-likeness (QED) is 0.857. The van der Waals surface area contributed by atoms with Crippen LogP contribution in [0.5, 0.6) is 0 Å². The van der Waals surface area contributed by atoms with Gasteiger partial charge in [0.05, 0.1) is 5.69 Å². The van der Waals surface area contributed by atoms with E-state index in [0.29, 0.717) is 5.13 Å². The highest BCUT2D eigenvalue weighted by molar-refractivity contribution is 7.13. The zero-order valence-corrected chi connectivity index (χ0v) is 10.1. The smallest absolute Gasteiger partial charge is 0.180 e. The standard InChI is InChI=1S/C11H19N3S/c1-9-4-2-3-6-14(9)7-5-10-8-15-11(12)13-10/h8-9H,2-7H2,1H3,(H2,12,13). The van der Waals surface area contributed by atoms with Crippen molar-refractivity contribution in [1.29, 1.82) is 0 Å². The molecule has 1 unspecified atom stereocenters. The Kier molecular flexibility index (Phi) is 3.59. The second-order valence-electron chi connectivity index (χ2n) is 4.31. The van der Waals surface area contributed by atoms with Crippen molar-refractivity contribution in [3.8, 4) is 0 Å². The molecule has 1 aliphatic rings. The van der Waals surface area contributed by atoms with Gasteiger partial charge in [-0.2, -0.15) is 0 Å². The number of nitrogen functional groups attached to an aromatic ring is 1. The van der Waals surface area contributed by atoms with E-state index in [-0.39, 0.29) is 0 Å². The first kappa shape index (κ1) is 10.9. The van der Waals surface area contributed by atoms with E-state index >= 15 is 0 Å². The number of nitrogens with zero attached hydrogens (tertiary/aromatic N) is 2. The van der Waals surface area contributed by atoms with Crippen molar-refractivity contribution in [2.24, 2.45) is 0 Å². The molecule has 0 saturated carbocycles. The maximum atomic E-state index is 5.61. The van der Waals surface area contributed by atoms with Crippen molar-refractivity contribution in [3.63, 3.8) is 0 Å². The Labute approximate surface area is 95.3 Å². The second kappa shape index (κ2) is 4.94. The third-order valence-electron chi connectivity index (χ3n) is 3.17. The van der Waals surface area contributed by atoms with Gasteiger partial charge >= 0.3 is 0 Å². The summed E-state index contributed by atoms with van der Waals surface area (Å²) < 4.78 is 0. The van der Waals surface area contributed by atoms with Crippen LogP contribution in [-0.2, 0) is 6.42 Å². The molecule has 1 fully saturated rings. The van der Waals surface area contributed by atoms with Crippen molar-refractivity contribution >= 4 is 16.5 Å². The molecule has 3 nitrogen and oxygen atoms in total. The Morgan fingerprint density at radius 2 is 2.47 bits per heavy atom. The summed E-state index contributed by atoms with van der Waals surface area (Å²) >= 11 is 1.54. The zero-order valence-electron chi connectivity index (χ0n) is 9.28. The lowest BCUT2D eigenvalue weighted by molar-refractivity contribution is 0.162. The van der Waals surface area contributed by atoms with Crippen molar-refractivity contribution in [2.45, 2.75) is 38.6 Å². The van der Waals surface area contributed by atoms with Crippen molar-refractivity contribution in [3.05, 3.63) is 11.1 Å². The topological polar surface area (TPSA) is 42.1 Å². The molecule has 4 heteroatoms. The largest absolute Gasteiger partial charge is 0.375 e. The molecule has 0 spiro atoms. The number of thiazole rings is 1. The molecule has 0 aliphatic carbocycles. The number of aromatic nitrogens is 1. The van der Waals surface area contributed by atoms with Crippen LogP contribution in [-0.4, -0.2) is 29.0 Å². The summed E-state index contributed by atoms with van der Waals surface area (Å²) in [6, 6.07) is 0.745. The van der Waals surface area contributed by atoms with Crippen LogP contribution >= 0.6 is 11.3 Å². The van der Waals surface area contributed by atoms with E-state index in [2.05, 4.69) is 22.2 Å². The molecule has 2 N–H and O–H groups in total. The number of anilines is 1. The highest BCUT2D eigenvalue weighted by Gasteiger charge is 2.17. The van der Waals surface area contributed by atoms with E-state index in [9.17, 15) is 0 Å². The summed E-state index contributed by atoms with van der Waals surface area (Å²) in [5, 5.41) is 2.76. The minimum absolute atomic E-state index is 0.691. The van der Waals surface area contributed by atoms with Gasteiger partial charge in [0.15, 0.2) is 5.13 Å². The van der Waals surface area contributed by atoms with E-state index in [4.69, 9.17) is 5.73 Å². The average Bonchev–Trinajstić information content (AvgIpc) is 2.63. The normalized spacial score (nSPS) is 23.1. The van der Waals surface area contributed by atoms with Crippen LogP contribution in [0, 0.1) is 0 Å². The van der Waals surface area contributed by atoms with Crippen LogP contribution in [0.25, 0.3) is 0 Å².